The van der Waals surface area contributed by atoms with Crippen LogP contribution >= 0.6 is 11.8 Å². The van der Waals surface area contributed by atoms with Crippen molar-refractivity contribution >= 4 is 46.3 Å². The van der Waals surface area contributed by atoms with Crippen LogP contribution in [0.3, 0.4) is 0 Å². The second-order valence-corrected chi connectivity index (χ2v) is 9.12. The van der Waals surface area contributed by atoms with Gasteiger partial charge in [-0.1, -0.05) is 18.2 Å². The van der Waals surface area contributed by atoms with Gasteiger partial charge in [0.15, 0.2) is 0 Å². The highest BCUT2D eigenvalue weighted by atomic mass is 32.2. The van der Waals surface area contributed by atoms with Crippen LogP contribution in [0, 0.1) is 30.9 Å². The fourth-order valence-electron chi connectivity index (χ4n) is 3.92. The molecular weight excluding hydrogens is 468 g/mol. The van der Waals surface area contributed by atoms with Crippen LogP contribution in [0.2, 0.25) is 0 Å². The van der Waals surface area contributed by atoms with Crippen molar-refractivity contribution in [2.45, 2.75) is 20.8 Å². The zero-order chi connectivity index (χ0) is 25.3. The number of nitrogens with zero attached hydrogens (tertiary/aromatic N) is 3. The number of nitro groups is 1. The van der Waals surface area contributed by atoms with Gasteiger partial charge in [-0.2, -0.15) is 0 Å². The van der Waals surface area contributed by atoms with E-state index < -0.39 is 22.0 Å². The van der Waals surface area contributed by atoms with Crippen LogP contribution < -0.4 is 5.32 Å². The summed E-state index contributed by atoms with van der Waals surface area (Å²) in [6.45, 7) is 5.19. The second-order valence-electron chi connectivity index (χ2n) is 8.12. The molecule has 1 fully saturated rings. The van der Waals surface area contributed by atoms with Crippen molar-refractivity contribution < 1.29 is 19.3 Å². The number of nitrogens with one attached hydrogen (secondary N) is 1. The number of benzene rings is 2. The van der Waals surface area contributed by atoms with Crippen LogP contribution in [0.4, 0.5) is 16.2 Å². The minimum Gasteiger partial charge on any atom is -0.325 e. The molecule has 3 amide bonds. The highest BCUT2D eigenvalue weighted by Crippen LogP contribution is 2.34. The van der Waals surface area contributed by atoms with Gasteiger partial charge < -0.3 is 9.88 Å². The number of aromatic nitrogens is 1. The zero-order valence-corrected chi connectivity index (χ0v) is 20.1. The number of hydrogen-bond donors (Lipinski definition) is 1. The van der Waals surface area contributed by atoms with Crippen LogP contribution in [0.1, 0.15) is 22.5 Å². The number of nitro benzene ring substituents is 1. The first-order valence-corrected chi connectivity index (χ1v) is 11.5. The highest BCUT2D eigenvalue weighted by Gasteiger charge is 2.36. The third-order valence-electron chi connectivity index (χ3n) is 5.53. The quantitative estimate of drug-likeness (QED) is 0.296. The normalized spacial score (nSPS) is 14.6. The molecule has 4 rings (SSSR count). The first kappa shape index (κ1) is 24.0. The van der Waals surface area contributed by atoms with Crippen LogP contribution in [0.25, 0.3) is 11.8 Å². The molecule has 0 aliphatic carbocycles. The molecule has 0 unspecified atom stereocenters. The van der Waals surface area contributed by atoms with Crippen LogP contribution in [-0.4, -0.2) is 38.0 Å². The molecule has 1 aliphatic heterocycles. The Kier molecular flexibility index (Phi) is 6.57. The average Bonchev–Trinajstić information content (AvgIpc) is 3.23. The molecule has 1 aliphatic rings. The molecule has 178 valence electrons. The monoisotopic (exact) mass is 490 g/mol. The fourth-order valence-corrected chi connectivity index (χ4v) is 4.75. The summed E-state index contributed by atoms with van der Waals surface area (Å²) in [4.78, 5) is 49.7. The van der Waals surface area contributed by atoms with Crippen molar-refractivity contribution in [3.8, 4) is 5.69 Å². The number of hydrogen-bond acceptors (Lipinski definition) is 6. The number of non-ortho nitro benzene ring substituents is 1. The Morgan fingerprint density at radius 3 is 2.54 bits per heavy atom. The van der Waals surface area contributed by atoms with E-state index >= 15 is 0 Å². The molecule has 10 heteroatoms. The summed E-state index contributed by atoms with van der Waals surface area (Å²) in [5.74, 6) is -1.01. The second kappa shape index (κ2) is 9.59. The Balaban J connectivity index is 1.55. The Morgan fingerprint density at radius 2 is 1.83 bits per heavy atom. The van der Waals surface area contributed by atoms with Gasteiger partial charge in [-0.05, 0) is 74.0 Å². The van der Waals surface area contributed by atoms with Gasteiger partial charge in [0.1, 0.15) is 6.54 Å². The molecule has 0 saturated carbocycles. The van der Waals surface area contributed by atoms with Crippen molar-refractivity contribution in [1.29, 1.82) is 0 Å². The van der Waals surface area contributed by atoms with Gasteiger partial charge in [0.25, 0.3) is 16.8 Å². The standard InChI is InChI=1S/C25H22N4O5S/c1-15-6-4-7-19(10-15)26-23(30)14-27-24(31)22(35-25(27)32)12-18-11-16(2)28(17(18)3)20-8-5-9-21(13-20)29(33)34/h4-13H,14H2,1-3H3,(H,26,30)/b22-12+. The number of aryl methyl sites for hydroxylation is 2. The maximum Gasteiger partial charge on any atom is 0.294 e. The number of thioether (sulfide) groups is 1. The Morgan fingerprint density at radius 1 is 1.09 bits per heavy atom. The lowest BCUT2D eigenvalue weighted by atomic mass is 10.2. The lowest BCUT2D eigenvalue weighted by Gasteiger charge is -2.12. The number of anilines is 1. The number of imide groups is 1. The van der Waals surface area contributed by atoms with E-state index in [0.29, 0.717) is 16.9 Å². The SMILES string of the molecule is Cc1cccc(NC(=O)CN2C(=O)S/C(=C/c3cc(C)n(-c4cccc([N+](=O)[O-])c4)c3C)C2=O)c1. The summed E-state index contributed by atoms with van der Waals surface area (Å²) in [5, 5.41) is 13.3. The van der Waals surface area contributed by atoms with Crippen molar-refractivity contribution in [3.05, 3.63) is 92.1 Å². The number of carbonyl (C=O) groups excluding carboxylic acids is 3. The number of rotatable bonds is 6. The van der Waals surface area contributed by atoms with Crippen molar-refractivity contribution in [2.24, 2.45) is 0 Å². The van der Waals surface area contributed by atoms with E-state index in [9.17, 15) is 24.5 Å². The van der Waals surface area contributed by atoms with E-state index in [1.54, 1.807) is 36.4 Å². The van der Waals surface area contributed by atoms with Crippen molar-refractivity contribution in [3.63, 3.8) is 0 Å². The zero-order valence-electron chi connectivity index (χ0n) is 19.3. The van der Waals surface area contributed by atoms with Gasteiger partial charge in [-0.15, -0.1) is 0 Å². The Labute approximate surface area is 205 Å². The first-order valence-electron chi connectivity index (χ1n) is 10.7. The van der Waals surface area contributed by atoms with Gasteiger partial charge in [0, 0.05) is 29.2 Å². The highest BCUT2D eigenvalue weighted by molar-refractivity contribution is 8.18. The molecule has 0 atom stereocenters. The minimum absolute atomic E-state index is 0.0263. The lowest BCUT2D eigenvalue weighted by molar-refractivity contribution is -0.384. The molecule has 1 N–H and O–H groups in total. The third kappa shape index (κ3) is 5.02. The summed E-state index contributed by atoms with van der Waals surface area (Å²) in [7, 11) is 0. The Bertz CT molecular complexity index is 1410. The number of amides is 3. The van der Waals surface area contributed by atoms with E-state index in [0.717, 1.165) is 33.6 Å². The molecule has 35 heavy (non-hydrogen) atoms. The summed E-state index contributed by atoms with van der Waals surface area (Å²) in [5.41, 5.74) is 4.42. The third-order valence-corrected chi connectivity index (χ3v) is 6.44. The molecular formula is C25H22N4O5S. The van der Waals surface area contributed by atoms with E-state index in [2.05, 4.69) is 5.32 Å². The lowest BCUT2D eigenvalue weighted by Crippen LogP contribution is -2.36. The smallest absolute Gasteiger partial charge is 0.294 e. The average molecular weight is 491 g/mol. The van der Waals surface area contributed by atoms with Crippen molar-refractivity contribution in [2.75, 3.05) is 11.9 Å². The predicted octanol–water partition coefficient (Wildman–Crippen LogP) is 4.99. The van der Waals surface area contributed by atoms with Gasteiger partial charge in [-0.25, -0.2) is 0 Å². The summed E-state index contributed by atoms with van der Waals surface area (Å²) >= 11 is 0.773. The van der Waals surface area contributed by atoms with Gasteiger partial charge in [0.05, 0.1) is 15.5 Å². The van der Waals surface area contributed by atoms with E-state index in [1.165, 1.54) is 12.1 Å². The fraction of sp³-hybridized carbons (Fsp3) is 0.160. The molecule has 1 saturated heterocycles. The van der Waals surface area contributed by atoms with E-state index in [1.807, 2.05) is 37.5 Å². The largest absolute Gasteiger partial charge is 0.325 e. The Hall–Kier alpha value is -4.18. The molecule has 2 aromatic carbocycles. The predicted molar refractivity (Wildman–Crippen MR) is 134 cm³/mol. The van der Waals surface area contributed by atoms with E-state index in [4.69, 9.17) is 0 Å². The minimum atomic E-state index is -0.542. The molecule has 0 bridgehead atoms. The number of carbonyl (C=O) groups is 3. The molecule has 1 aromatic heterocycles. The van der Waals surface area contributed by atoms with Gasteiger partial charge in [0.2, 0.25) is 5.91 Å². The van der Waals surface area contributed by atoms with Crippen LogP contribution in [0.15, 0.2) is 59.5 Å². The molecule has 0 spiro atoms. The van der Waals surface area contributed by atoms with Gasteiger partial charge >= 0.3 is 0 Å². The van der Waals surface area contributed by atoms with Gasteiger partial charge in [-0.3, -0.25) is 29.4 Å². The molecule has 2 heterocycles. The van der Waals surface area contributed by atoms with Crippen molar-refractivity contribution in [1.82, 2.24) is 9.47 Å². The van der Waals surface area contributed by atoms with E-state index in [-0.39, 0.29) is 17.1 Å². The topological polar surface area (TPSA) is 115 Å². The van der Waals surface area contributed by atoms with Crippen LogP contribution in [0.5, 0.6) is 0 Å². The summed E-state index contributed by atoms with van der Waals surface area (Å²) in [6.07, 6.45) is 1.61. The maximum absolute atomic E-state index is 12.9. The molecule has 3 aromatic rings. The maximum atomic E-state index is 12.9. The molecule has 0 radical (unpaired) electrons. The first-order chi connectivity index (χ1) is 16.6. The van der Waals surface area contributed by atoms with Crippen LogP contribution in [-0.2, 0) is 9.59 Å². The summed E-state index contributed by atoms with van der Waals surface area (Å²) in [6, 6.07) is 15.3. The summed E-state index contributed by atoms with van der Waals surface area (Å²) < 4.78 is 1.85. The molecule has 9 nitrogen and oxygen atoms in total.